The molecule has 1 aromatic heterocycles. The molecule has 2 heterocycles. The minimum absolute atomic E-state index is 0.103. The molecular weight excluding hydrogens is 177 g/mol. The minimum atomic E-state index is -0.517. The lowest BCUT2D eigenvalue weighted by Crippen LogP contribution is -2.20. The fourth-order valence-corrected chi connectivity index (χ4v) is 1.48. The van der Waals surface area contributed by atoms with E-state index in [2.05, 4.69) is 4.98 Å². The smallest absolute Gasteiger partial charge is 0.163 e. The van der Waals surface area contributed by atoms with E-state index in [0.717, 1.165) is 5.69 Å². The third-order valence-corrected chi connectivity index (χ3v) is 2.13. The molecule has 1 fully saturated rings. The summed E-state index contributed by atoms with van der Waals surface area (Å²) >= 11 is 0. The summed E-state index contributed by atoms with van der Waals surface area (Å²) in [5, 5.41) is 0. The van der Waals surface area contributed by atoms with Gasteiger partial charge in [-0.1, -0.05) is 12.1 Å². The van der Waals surface area contributed by atoms with Crippen molar-refractivity contribution in [3.8, 4) is 0 Å². The molecular formula is C10H12BNO2. The van der Waals surface area contributed by atoms with Crippen LogP contribution in [-0.2, 0) is 9.47 Å². The van der Waals surface area contributed by atoms with Gasteiger partial charge in [-0.3, -0.25) is 4.98 Å². The summed E-state index contributed by atoms with van der Waals surface area (Å²) in [6, 6.07) is 5.52. The minimum Gasteiger partial charge on any atom is -0.347 e. The van der Waals surface area contributed by atoms with Crippen molar-refractivity contribution < 1.29 is 9.47 Å². The van der Waals surface area contributed by atoms with Gasteiger partial charge in [-0.25, -0.2) is 0 Å². The van der Waals surface area contributed by atoms with Gasteiger partial charge in [0, 0.05) is 0 Å². The highest BCUT2D eigenvalue weighted by atomic mass is 16.7. The molecule has 2 rings (SSSR count). The molecule has 0 N–H and O–H groups in total. The lowest BCUT2D eigenvalue weighted by Gasteiger charge is -2.16. The number of hydrogen-bond donors (Lipinski definition) is 0. The third-order valence-electron chi connectivity index (χ3n) is 2.13. The molecule has 1 aromatic rings. The highest BCUT2D eigenvalue weighted by Gasteiger charge is 2.34. The van der Waals surface area contributed by atoms with Gasteiger partial charge in [-0.2, -0.15) is 0 Å². The van der Waals surface area contributed by atoms with Gasteiger partial charge < -0.3 is 9.47 Å². The fourth-order valence-electron chi connectivity index (χ4n) is 1.48. The van der Waals surface area contributed by atoms with Gasteiger partial charge in [0.25, 0.3) is 0 Å². The SMILES string of the molecule is [B]c1cccc(C2COC(C)(C)O2)n1. The topological polar surface area (TPSA) is 31.4 Å². The molecule has 4 heteroatoms. The van der Waals surface area contributed by atoms with Crippen molar-refractivity contribution in [1.82, 2.24) is 4.98 Å². The van der Waals surface area contributed by atoms with Gasteiger partial charge in [0.2, 0.25) is 0 Å². The summed E-state index contributed by atoms with van der Waals surface area (Å²) in [6.45, 7) is 4.31. The van der Waals surface area contributed by atoms with Crippen LogP contribution >= 0.6 is 0 Å². The number of ether oxygens (including phenoxy) is 2. The molecule has 0 saturated carbocycles. The van der Waals surface area contributed by atoms with E-state index < -0.39 is 5.79 Å². The summed E-state index contributed by atoms with van der Waals surface area (Å²) < 4.78 is 11.1. The Labute approximate surface area is 84.8 Å². The van der Waals surface area contributed by atoms with Crippen molar-refractivity contribution in [3.05, 3.63) is 23.9 Å². The van der Waals surface area contributed by atoms with E-state index in [1.165, 1.54) is 0 Å². The van der Waals surface area contributed by atoms with E-state index in [1.54, 1.807) is 6.07 Å². The zero-order valence-corrected chi connectivity index (χ0v) is 8.36. The number of nitrogens with zero attached hydrogens (tertiary/aromatic N) is 1. The predicted molar refractivity (Wildman–Crippen MR) is 53.5 cm³/mol. The molecule has 1 atom stereocenters. The lowest BCUT2D eigenvalue weighted by atomic mass is 10.0. The second kappa shape index (κ2) is 3.37. The largest absolute Gasteiger partial charge is 0.347 e. The van der Waals surface area contributed by atoms with Crippen molar-refractivity contribution in [1.29, 1.82) is 0 Å². The van der Waals surface area contributed by atoms with Crippen LogP contribution in [0.3, 0.4) is 0 Å². The van der Waals surface area contributed by atoms with Gasteiger partial charge in [0.1, 0.15) is 14.0 Å². The first-order valence-corrected chi connectivity index (χ1v) is 4.61. The second-order valence-electron chi connectivity index (χ2n) is 3.80. The number of aromatic nitrogens is 1. The Kier molecular flexibility index (Phi) is 2.33. The molecule has 1 unspecified atom stereocenters. The van der Waals surface area contributed by atoms with Gasteiger partial charge >= 0.3 is 0 Å². The van der Waals surface area contributed by atoms with Gasteiger partial charge in [0.15, 0.2) is 5.79 Å². The molecule has 0 bridgehead atoms. The van der Waals surface area contributed by atoms with Gasteiger partial charge in [-0.05, 0) is 25.5 Å². The van der Waals surface area contributed by atoms with Crippen LogP contribution in [0.4, 0.5) is 0 Å². The number of rotatable bonds is 1. The van der Waals surface area contributed by atoms with E-state index in [1.807, 2.05) is 26.0 Å². The van der Waals surface area contributed by atoms with Crippen molar-refractivity contribution in [2.45, 2.75) is 25.7 Å². The molecule has 72 valence electrons. The zero-order valence-electron chi connectivity index (χ0n) is 8.36. The second-order valence-corrected chi connectivity index (χ2v) is 3.80. The molecule has 2 radical (unpaired) electrons. The molecule has 1 aliphatic heterocycles. The Morgan fingerprint density at radius 1 is 1.50 bits per heavy atom. The van der Waals surface area contributed by atoms with Crippen LogP contribution in [0.1, 0.15) is 25.6 Å². The maximum absolute atomic E-state index is 5.65. The predicted octanol–water partition coefficient (Wildman–Crippen LogP) is 0.699. The standard InChI is InChI=1S/C10H12BNO2/c1-10(2)13-6-8(14-10)7-4-3-5-9(11)12-7/h3-5,8H,6H2,1-2H3. The zero-order chi connectivity index (χ0) is 10.2. The third kappa shape index (κ3) is 1.96. The Morgan fingerprint density at radius 3 is 2.86 bits per heavy atom. The Bertz CT molecular complexity index is 341. The molecule has 0 aliphatic carbocycles. The fraction of sp³-hybridized carbons (Fsp3) is 0.500. The van der Waals surface area contributed by atoms with E-state index in [4.69, 9.17) is 17.3 Å². The summed E-state index contributed by atoms with van der Waals surface area (Å²) in [5.74, 6) is -0.517. The van der Waals surface area contributed by atoms with Crippen molar-refractivity contribution in [3.63, 3.8) is 0 Å². The van der Waals surface area contributed by atoms with Crippen molar-refractivity contribution >= 4 is 13.4 Å². The Hall–Kier alpha value is -0.865. The van der Waals surface area contributed by atoms with Crippen LogP contribution in [0.25, 0.3) is 0 Å². The molecule has 1 aliphatic rings. The van der Waals surface area contributed by atoms with E-state index in [9.17, 15) is 0 Å². The molecule has 3 nitrogen and oxygen atoms in total. The first-order chi connectivity index (χ1) is 6.57. The molecule has 0 amide bonds. The first-order valence-electron chi connectivity index (χ1n) is 4.61. The number of pyridine rings is 1. The lowest BCUT2D eigenvalue weighted by molar-refractivity contribution is -0.139. The highest BCUT2D eigenvalue weighted by molar-refractivity contribution is 6.30. The Balaban J connectivity index is 2.17. The maximum Gasteiger partial charge on any atom is 0.163 e. The summed E-state index contributed by atoms with van der Waals surface area (Å²) in [7, 11) is 5.59. The van der Waals surface area contributed by atoms with Gasteiger partial charge in [0.05, 0.1) is 12.3 Å². The maximum atomic E-state index is 5.65. The van der Waals surface area contributed by atoms with Crippen LogP contribution in [0.2, 0.25) is 0 Å². The van der Waals surface area contributed by atoms with Crippen LogP contribution < -0.4 is 5.59 Å². The van der Waals surface area contributed by atoms with Crippen LogP contribution in [0.5, 0.6) is 0 Å². The van der Waals surface area contributed by atoms with Crippen LogP contribution in [0, 0.1) is 0 Å². The molecule has 14 heavy (non-hydrogen) atoms. The van der Waals surface area contributed by atoms with Crippen molar-refractivity contribution in [2.75, 3.05) is 6.61 Å². The average molecular weight is 189 g/mol. The van der Waals surface area contributed by atoms with E-state index in [0.29, 0.717) is 12.2 Å². The normalized spacial score (nSPS) is 25.1. The number of hydrogen-bond acceptors (Lipinski definition) is 3. The summed E-state index contributed by atoms with van der Waals surface area (Å²) in [5.41, 5.74) is 1.34. The van der Waals surface area contributed by atoms with Gasteiger partial charge in [-0.15, -0.1) is 0 Å². The van der Waals surface area contributed by atoms with E-state index in [-0.39, 0.29) is 6.10 Å². The highest BCUT2D eigenvalue weighted by Crippen LogP contribution is 2.31. The summed E-state index contributed by atoms with van der Waals surface area (Å²) in [6.07, 6.45) is -0.103. The molecule has 1 saturated heterocycles. The monoisotopic (exact) mass is 189 g/mol. The Morgan fingerprint density at radius 2 is 2.29 bits per heavy atom. The quantitative estimate of drug-likeness (QED) is 0.609. The first kappa shape index (κ1) is 9.68. The van der Waals surface area contributed by atoms with Crippen LogP contribution in [0.15, 0.2) is 18.2 Å². The van der Waals surface area contributed by atoms with Crippen molar-refractivity contribution in [2.24, 2.45) is 0 Å². The average Bonchev–Trinajstić information content (AvgIpc) is 2.46. The van der Waals surface area contributed by atoms with E-state index >= 15 is 0 Å². The molecule has 0 aromatic carbocycles. The summed E-state index contributed by atoms with van der Waals surface area (Å²) in [4.78, 5) is 4.19. The van der Waals surface area contributed by atoms with Crippen LogP contribution in [-0.4, -0.2) is 25.2 Å². The molecule has 0 spiro atoms.